The lowest BCUT2D eigenvalue weighted by atomic mass is 10.1. The number of amides is 1. The Kier molecular flexibility index (Phi) is 5.20. The number of aromatic nitrogens is 2. The Balaban J connectivity index is 1.70. The van der Waals surface area contributed by atoms with Gasteiger partial charge in [0.05, 0.1) is 11.6 Å². The van der Waals surface area contributed by atoms with Crippen molar-refractivity contribution in [2.24, 2.45) is 0 Å². The zero-order valence-electron chi connectivity index (χ0n) is 14.2. The molecular formula is C20H17N5O. The molecule has 0 atom stereocenters. The van der Waals surface area contributed by atoms with Gasteiger partial charge in [0.25, 0.3) is 5.91 Å². The van der Waals surface area contributed by atoms with Gasteiger partial charge >= 0.3 is 0 Å². The fourth-order valence-electron chi connectivity index (χ4n) is 2.47. The summed E-state index contributed by atoms with van der Waals surface area (Å²) in [7, 11) is 0. The number of anilines is 3. The lowest BCUT2D eigenvalue weighted by Crippen LogP contribution is -2.15. The van der Waals surface area contributed by atoms with Crippen molar-refractivity contribution in [1.29, 1.82) is 5.26 Å². The molecule has 6 nitrogen and oxygen atoms in total. The highest BCUT2D eigenvalue weighted by Gasteiger charge is 2.10. The highest BCUT2D eigenvalue weighted by Crippen LogP contribution is 2.17. The van der Waals surface area contributed by atoms with Gasteiger partial charge in [0, 0.05) is 11.4 Å². The van der Waals surface area contributed by atoms with Crippen molar-refractivity contribution >= 4 is 23.1 Å². The number of aryl methyl sites for hydroxylation is 1. The minimum absolute atomic E-state index is 0.229. The summed E-state index contributed by atoms with van der Waals surface area (Å²) < 4.78 is 0. The summed E-state index contributed by atoms with van der Waals surface area (Å²) in [5.41, 5.74) is 3.34. The Hall–Kier alpha value is -3.72. The number of hydrogen-bond acceptors (Lipinski definition) is 5. The van der Waals surface area contributed by atoms with E-state index in [1.165, 1.54) is 0 Å². The topological polar surface area (TPSA) is 90.7 Å². The van der Waals surface area contributed by atoms with Gasteiger partial charge < -0.3 is 10.6 Å². The van der Waals surface area contributed by atoms with Crippen molar-refractivity contribution in [3.05, 3.63) is 77.5 Å². The molecule has 0 saturated heterocycles. The third-order valence-electron chi connectivity index (χ3n) is 3.81. The van der Waals surface area contributed by atoms with Crippen LogP contribution in [0.25, 0.3) is 0 Å². The van der Waals surface area contributed by atoms with E-state index < -0.39 is 0 Å². The molecule has 6 heteroatoms. The van der Waals surface area contributed by atoms with E-state index >= 15 is 0 Å². The molecule has 3 rings (SSSR count). The maximum absolute atomic E-state index is 12.4. The number of para-hydroxylation sites is 1. The molecule has 0 spiro atoms. The number of nitrogens with zero attached hydrogens (tertiary/aromatic N) is 3. The molecule has 0 aliphatic carbocycles. The first-order valence-electron chi connectivity index (χ1n) is 8.20. The van der Waals surface area contributed by atoms with Gasteiger partial charge in [-0.3, -0.25) is 4.79 Å². The van der Waals surface area contributed by atoms with Crippen LogP contribution in [0.15, 0.2) is 60.7 Å². The second kappa shape index (κ2) is 7.90. The summed E-state index contributed by atoms with van der Waals surface area (Å²) in [6.07, 6.45) is 0.826. The second-order valence-corrected chi connectivity index (χ2v) is 5.59. The van der Waals surface area contributed by atoms with E-state index in [9.17, 15) is 4.79 Å². The molecule has 1 aromatic heterocycles. The Labute approximate surface area is 151 Å². The number of hydrogen-bond donors (Lipinski definition) is 2. The highest BCUT2D eigenvalue weighted by molar-refractivity contribution is 6.03. The van der Waals surface area contributed by atoms with Gasteiger partial charge in [-0.15, -0.1) is 10.2 Å². The van der Waals surface area contributed by atoms with Crippen molar-refractivity contribution in [1.82, 2.24) is 10.2 Å². The van der Waals surface area contributed by atoms with Crippen LogP contribution < -0.4 is 10.6 Å². The molecule has 1 heterocycles. The van der Waals surface area contributed by atoms with Gasteiger partial charge in [0.2, 0.25) is 0 Å². The third kappa shape index (κ3) is 4.02. The summed E-state index contributed by atoms with van der Waals surface area (Å²) >= 11 is 0. The molecular weight excluding hydrogens is 326 g/mol. The molecule has 26 heavy (non-hydrogen) atoms. The molecule has 0 bridgehead atoms. The predicted octanol–water partition coefficient (Wildman–Crippen LogP) is 3.91. The van der Waals surface area contributed by atoms with Crippen molar-refractivity contribution in [3.63, 3.8) is 0 Å². The van der Waals surface area contributed by atoms with E-state index in [2.05, 4.69) is 26.9 Å². The number of nitrogens with one attached hydrogen (secondary N) is 2. The first-order valence-corrected chi connectivity index (χ1v) is 8.20. The fraction of sp³-hybridized carbons (Fsp3) is 0.100. The van der Waals surface area contributed by atoms with Crippen LogP contribution >= 0.6 is 0 Å². The van der Waals surface area contributed by atoms with Crippen molar-refractivity contribution < 1.29 is 4.79 Å². The number of rotatable bonds is 5. The first-order chi connectivity index (χ1) is 12.7. The van der Waals surface area contributed by atoms with Crippen LogP contribution in [0, 0.1) is 11.3 Å². The van der Waals surface area contributed by atoms with Crippen LogP contribution in [0.3, 0.4) is 0 Å². The van der Waals surface area contributed by atoms with Crippen molar-refractivity contribution in [2.75, 3.05) is 10.6 Å². The molecule has 0 aliphatic heterocycles. The lowest BCUT2D eigenvalue weighted by Gasteiger charge is -2.09. The van der Waals surface area contributed by atoms with Gasteiger partial charge in [-0.05, 0) is 48.4 Å². The third-order valence-corrected chi connectivity index (χ3v) is 3.81. The Morgan fingerprint density at radius 1 is 1.08 bits per heavy atom. The van der Waals surface area contributed by atoms with Crippen LogP contribution in [-0.2, 0) is 6.42 Å². The van der Waals surface area contributed by atoms with Crippen LogP contribution in [0.2, 0.25) is 0 Å². The Morgan fingerprint density at radius 2 is 1.92 bits per heavy atom. The normalized spacial score (nSPS) is 10.0. The Morgan fingerprint density at radius 3 is 2.65 bits per heavy atom. The molecule has 0 radical (unpaired) electrons. The van der Waals surface area contributed by atoms with Gasteiger partial charge in [0.15, 0.2) is 11.5 Å². The van der Waals surface area contributed by atoms with E-state index in [-0.39, 0.29) is 11.6 Å². The zero-order chi connectivity index (χ0) is 18.4. The molecule has 2 aromatic carbocycles. The predicted molar refractivity (Wildman–Crippen MR) is 100 cm³/mol. The van der Waals surface area contributed by atoms with Crippen LogP contribution in [0.5, 0.6) is 0 Å². The smallest absolute Gasteiger partial charge is 0.276 e. The minimum Gasteiger partial charge on any atom is -0.339 e. The molecule has 0 aliphatic rings. The average molecular weight is 343 g/mol. The SMILES string of the molecule is CCc1ccccc1NC(=O)c1ccc(Nc2cccc(C#N)c2)nn1. The second-order valence-electron chi connectivity index (χ2n) is 5.59. The standard InChI is InChI=1S/C20H17N5O/c1-2-15-7-3-4-9-17(15)23-20(26)18-10-11-19(25-24-18)22-16-8-5-6-14(12-16)13-21/h3-12H,2H2,1H3,(H,22,25)(H,23,26). The minimum atomic E-state index is -0.309. The number of carbonyl (C=O) groups is 1. The fourth-order valence-corrected chi connectivity index (χ4v) is 2.47. The first kappa shape index (κ1) is 17.1. The van der Waals surface area contributed by atoms with Crippen molar-refractivity contribution in [3.8, 4) is 6.07 Å². The van der Waals surface area contributed by atoms with Gasteiger partial charge in [-0.2, -0.15) is 5.26 Å². The monoisotopic (exact) mass is 343 g/mol. The van der Waals surface area contributed by atoms with E-state index in [4.69, 9.17) is 5.26 Å². The highest BCUT2D eigenvalue weighted by atomic mass is 16.1. The molecule has 128 valence electrons. The van der Waals surface area contributed by atoms with Crippen molar-refractivity contribution in [2.45, 2.75) is 13.3 Å². The summed E-state index contributed by atoms with van der Waals surface area (Å²) in [5, 5.41) is 22.9. The van der Waals surface area contributed by atoms with Crippen LogP contribution in [0.4, 0.5) is 17.2 Å². The largest absolute Gasteiger partial charge is 0.339 e. The van der Waals surface area contributed by atoms with E-state index in [1.807, 2.05) is 37.3 Å². The quantitative estimate of drug-likeness (QED) is 0.733. The summed E-state index contributed by atoms with van der Waals surface area (Å²) in [5.74, 6) is 0.182. The van der Waals surface area contributed by atoms with Gasteiger partial charge in [0.1, 0.15) is 0 Å². The van der Waals surface area contributed by atoms with Gasteiger partial charge in [-0.1, -0.05) is 31.2 Å². The number of benzene rings is 2. The van der Waals surface area contributed by atoms with Crippen LogP contribution in [0.1, 0.15) is 28.5 Å². The summed E-state index contributed by atoms with van der Waals surface area (Å²) in [6, 6.07) is 20.1. The summed E-state index contributed by atoms with van der Waals surface area (Å²) in [4.78, 5) is 12.4. The van der Waals surface area contributed by atoms with E-state index in [1.54, 1.807) is 30.3 Å². The number of carbonyl (C=O) groups excluding carboxylic acids is 1. The van der Waals surface area contributed by atoms with Crippen LogP contribution in [-0.4, -0.2) is 16.1 Å². The molecule has 0 saturated carbocycles. The molecule has 1 amide bonds. The average Bonchev–Trinajstić information content (AvgIpc) is 2.69. The maximum Gasteiger partial charge on any atom is 0.276 e. The van der Waals surface area contributed by atoms with Gasteiger partial charge in [-0.25, -0.2) is 0 Å². The van der Waals surface area contributed by atoms with E-state index in [0.29, 0.717) is 11.4 Å². The maximum atomic E-state index is 12.4. The molecule has 0 unspecified atom stereocenters. The lowest BCUT2D eigenvalue weighted by molar-refractivity contribution is 0.102. The number of nitriles is 1. The van der Waals surface area contributed by atoms with E-state index in [0.717, 1.165) is 23.4 Å². The summed E-state index contributed by atoms with van der Waals surface area (Å²) in [6.45, 7) is 2.03. The zero-order valence-corrected chi connectivity index (χ0v) is 14.2. The molecule has 0 fully saturated rings. The Bertz CT molecular complexity index is 960. The molecule has 3 aromatic rings. The molecule has 2 N–H and O–H groups in total.